The lowest BCUT2D eigenvalue weighted by atomic mass is 10.1. The molecule has 0 amide bonds. The van der Waals surface area contributed by atoms with Crippen LogP contribution in [0.5, 0.6) is 0 Å². The fourth-order valence-corrected chi connectivity index (χ4v) is 7.69. The zero-order chi connectivity index (χ0) is 27.4. The summed E-state index contributed by atoms with van der Waals surface area (Å²) in [5.74, 6) is 0.606. The van der Waals surface area contributed by atoms with Crippen LogP contribution in [0, 0.1) is 0 Å². The summed E-state index contributed by atoms with van der Waals surface area (Å²) in [6.07, 6.45) is 0. The number of furan rings is 1. The lowest BCUT2D eigenvalue weighted by Crippen LogP contribution is -1.94. The van der Waals surface area contributed by atoms with E-state index in [1.54, 1.807) is 0 Å². The van der Waals surface area contributed by atoms with Crippen LogP contribution in [0.3, 0.4) is 0 Å². The van der Waals surface area contributed by atoms with Gasteiger partial charge in [0.2, 0.25) is 5.89 Å². The van der Waals surface area contributed by atoms with Crippen molar-refractivity contribution in [1.82, 2.24) is 9.55 Å². The van der Waals surface area contributed by atoms with Gasteiger partial charge in [-0.15, -0.1) is 11.3 Å². The highest BCUT2D eigenvalue weighted by Gasteiger charge is 2.20. The molecule has 4 nitrogen and oxygen atoms in total. The smallest absolute Gasteiger partial charge is 0.227 e. The van der Waals surface area contributed by atoms with Gasteiger partial charge in [-0.25, -0.2) is 4.98 Å². The van der Waals surface area contributed by atoms with Crippen LogP contribution in [0.2, 0.25) is 0 Å². The van der Waals surface area contributed by atoms with Gasteiger partial charge in [-0.05, 0) is 66.7 Å². The first-order valence-corrected chi connectivity index (χ1v) is 14.8. The Kier molecular flexibility index (Phi) is 4.30. The molecule has 0 spiro atoms. The molecular weight excluding hydrogens is 536 g/mol. The number of nitrogens with zero attached hydrogens (tertiary/aromatic N) is 2. The van der Waals surface area contributed by atoms with Crippen LogP contribution in [0.15, 0.2) is 130 Å². The van der Waals surface area contributed by atoms with E-state index >= 15 is 0 Å². The van der Waals surface area contributed by atoms with Gasteiger partial charge in [0.1, 0.15) is 16.7 Å². The number of rotatable bonds is 2. The SMILES string of the molecule is c1ccc2oc(-c3ccc4oc5cccc(-n6c7ccccc7c7cc8c(cc76)sc6ccccc68)c5c4c3)nc2c1. The molecule has 0 fully saturated rings. The molecule has 0 bridgehead atoms. The summed E-state index contributed by atoms with van der Waals surface area (Å²) in [6, 6.07) is 42.5. The Morgan fingerprint density at radius 1 is 0.524 bits per heavy atom. The second kappa shape index (κ2) is 8.09. The van der Waals surface area contributed by atoms with Crippen molar-refractivity contribution < 1.29 is 8.83 Å². The summed E-state index contributed by atoms with van der Waals surface area (Å²) in [5, 5.41) is 7.21. The predicted molar refractivity (Wildman–Crippen MR) is 174 cm³/mol. The molecule has 5 heteroatoms. The minimum Gasteiger partial charge on any atom is -0.456 e. The molecule has 0 aliphatic heterocycles. The average molecular weight is 557 g/mol. The van der Waals surface area contributed by atoms with Gasteiger partial charge in [0.15, 0.2) is 5.58 Å². The minimum atomic E-state index is 0.606. The van der Waals surface area contributed by atoms with Gasteiger partial charge in [-0.2, -0.15) is 0 Å². The van der Waals surface area contributed by atoms with Crippen molar-refractivity contribution in [3.8, 4) is 17.1 Å². The van der Waals surface area contributed by atoms with Crippen LogP contribution in [-0.4, -0.2) is 9.55 Å². The maximum atomic E-state index is 6.41. The molecule has 0 radical (unpaired) electrons. The lowest BCUT2D eigenvalue weighted by molar-refractivity contribution is 0.620. The molecule has 0 N–H and O–H groups in total. The third-order valence-electron chi connectivity index (χ3n) is 8.43. The zero-order valence-corrected chi connectivity index (χ0v) is 23.0. The number of thiophene rings is 1. The van der Waals surface area contributed by atoms with Crippen molar-refractivity contribution in [3.63, 3.8) is 0 Å². The van der Waals surface area contributed by atoms with Crippen LogP contribution in [0.25, 0.3) is 92.2 Å². The first kappa shape index (κ1) is 22.3. The molecule has 0 unspecified atom stereocenters. The van der Waals surface area contributed by atoms with Crippen molar-refractivity contribution in [2.45, 2.75) is 0 Å². The quantitative estimate of drug-likeness (QED) is 0.213. The molecule has 4 aromatic heterocycles. The average Bonchev–Trinajstić information content (AvgIpc) is 3.79. The highest BCUT2D eigenvalue weighted by molar-refractivity contribution is 7.25. The fourth-order valence-electron chi connectivity index (χ4n) is 6.57. The molecule has 4 heterocycles. The summed E-state index contributed by atoms with van der Waals surface area (Å²) < 4.78 is 17.5. The Labute approximate surface area is 242 Å². The van der Waals surface area contributed by atoms with E-state index in [1.165, 1.54) is 42.0 Å². The highest BCUT2D eigenvalue weighted by atomic mass is 32.1. The molecule has 196 valence electrons. The van der Waals surface area contributed by atoms with E-state index in [4.69, 9.17) is 13.8 Å². The van der Waals surface area contributed by atoms with E-state index in [-0.39, 0.29) is 0 Å². The van der Waals surface area contributed by atoms with E-state index < -0.39 is 0 Å². The minimum absolute atomic E-state index is 0.606. The second-order valence-electron chi connectivity index (χ2n) is 10.8. The third-order valence-corrected chi connectivity index (χ3v) is 9.56. The Bertz CT molecular complexity index is 2670. The molecule has 0 atom stereocenters. The topological polar surface area (TPSA) is 44.1 Å². The summed E-state index contributed by atoms with van der Waals surface area (Å²) in [7, 11) is 0. The number of oxazole rings is 1. The van der Waals surface area contributed by atoms with Crippen LogP contribution >= 0.6 is 11.3 Å². The molecule has 0 saturated carbocycles. The summed E-state index contributed by atoms with van der Waals surface area (Å²) in [4.78, 5) is 4.75. The van der Waals surface area contributed by atoms with Crippen LogP contribution < -0.4 is 0 Å². The van der Waals surface area contributed by atoms with E-state index in [9.17, 15) is 0 Å². The first-order valence-electron chi connectivity index (χ1n) is 14.0. The molecule has 10 aromatic rings. The molecule has 0 aliphatic rings. The standard InChI is InChI=1S/C37H20N2O2S/c1-4-11-28-22(8-1)24-19-25-23-9-2-6-15-34(23)42-35(25)20-30(24)39(28)29-12-7-14-33-36(29)26-18-21(16-17-31(26)40-33)37-38-27-10-3-5-13-32(27)41-37/h1-20H. The van der Waals surface area contributed by atoms with Crippen LogP contribution in [0.1, 0.15) is 0 Å². The predicted octanol–water partition coefficient (Wildman–Crippen LogP) is 10.9. The lowest BCUT2D eigenvalue weighted by Gasteiger charge is -2.10. The van der Waals surface area contributed by atoms with Gasteiger partial charge < -0.3 is 13.4 Å². The summed E-state index contributed by atoms with van der Waals surface area (Å²) in [5.41, 5.74) is 7.69. The van der Waals surface area contributed by atoms with Crippen molar-refractivity contribution in [1.29, 1.82) is 0 Å². The number of fused-ring (bicyclic) bond motifs is 10. The van der Waals surface area contributed by atoms with Gasteiger partial charge in [0.05, 0.1) is 22.1 Å². The molecular formula is C37H20N2O2S. The summed E-state index contributed by atoms with van der Waals surface area (Å²) in [6.45, 7) is 0. The Morgan fingerprint density at radius 3 is 2.31 bits per heavy atom. The van der Waals surface area contributed by atoms with E-state index in [0.29, 0.717) is 5.89 Å². The number of para-hydroxylation sites is 3. The largest absolute Gasteiger partial charge is 0.456 e. The molecule has 0 aliphatic carbocycles. The van der Waals surface area contributed by atoms with Crippen molar-refractivity contribution in [2.75, 3.05) is 0 Å². The van der Waals surface area contributed by atoms with Crippen molar-refractivity contribution >= 4 is 86.4 Å². The molecule has 42 heavy (non-hydrogen) atoms. The van der Waals surface area contributed by atoms with E-state index in [0.717, 1.165) is 44.3 Å². The zero-order valence-electron chi connectivity index (χ0n) is 22.2. The van der Waals surface area contributed by atoms with Gasteiger partial charge in [0.25, 0.3) is 0 Å². The second-order valence-corrected chi connectivity index (χ2v) is 11.9. The maximum absolute atomic E-state index is 6.41. The normalized spacial score (nSPS) is 12.3. The van der Waals surface area contributed by atoms with Gasteiger partial charge in [-0.3, -0.25) is 0 Å². The van der Waals surface area contributed by atoms with Gasteiger partial charge in [-0.1, -0.05) is 54.6 Å². The number of hydrogen-bond acceptors (Lipinski definition) is 4. The van der Waals surface area contributed by atoms with Crippen LogP contribution in [-0.2, 0) is 0 Å². The molecule has 6 aromatic carbocycles. The van der Waals surface area contributed by atoms with E-state index in [1.807, 2.05) is 47.7 Å². The monoisotopic (exact) mass is 556 g/mol. The van der Waals surface area contributed by atoms with Gasteiger partial charge >= 0.3 is 0 Å². The molecule has 0 saturated heterocycles. The van der Waals surface area contributed by atoms with Gasteiger partial charge in [0, 0.05) is 41.9 Å². The summed E-state index contributed by atoms with van der Waals surface area (Å²) >= 11 is 1.85. The molecule has 10 rings (SSSR count). The fraction of sp³-hybridized carbons (Fsp3) is 0. The highest BCUT2D eigenvalue weighted by Crippen LogP contribution is 2.43. The first-order chi connectivity index (χ1) is 20.8. The number of aromatic nitrogens is 2. The maximum Gasteiger partial charge on any atom is 0.227 e. The third kappa shape index (κ3) is 2.98. The Morgan fingerprint density at radius 2 is 1.36 bits per heavy atom. The Hall–Kier alpha value is -5.39. The van der Waals surface area contributed by atoms with Crippen LogP contribution in [0.4, 0.5) is 0 Å². The van der Waals surface area contributed by atoms with Crippen molar-refractivity contribution in [3.05, 3.63) is 121 Å². The Balaban J connectivity index is 1.30. The van der Waals surface area contributed by atoms with Crippen molar-refractivity contribution in [2.24, 2.45) is 0 Å². The van der Waals surface area contributed by atoms with E-state index in [2.05, 4.69) is 89.5 Å². The number of benzene rings is 6. The number of hydrogen-bond donors (Lipinski definition) is 0.